The van der Waals surface area contributed by atoms with Crippen molar-refractivity contribution in [2.45, 2.75) is 38.4 Å². The van der Waals surface area contributed by atoms with E-state index in [9.17, 15) is 9.18 Å². The summed E-state index contributed by atoms with van der Waals surface area (Å²) >= 11 is 0. The molecule has 0 bridgehead atoms. The number of hydrogen-bond acceptors (Lipinski definition) is 3. The van der Waals surface area contributed by atoms with E-state index in [0.717, 1.165) is 37.3 Å². The van der Waals surface area contributed by atoms with E-state index in [2.05, 4.69) is 0 Å². The Balaban J connectivity index is 1.76. The molecule has 3 nitrogen and oxygen atoms in total. The van der Waals surface area contributed by atoms with E-state index in [0.29, 0.717) is 5.75 Å². The van der Waals surface area contributed by atoms with Crippen molar-refractivity contribution in [3.8, 4) is 11.5 Å². The number of hydrogen-bond donors (Lipinski definition) is 0. The van der Waals surface area contributed by atoms with E-state index in [1.54, 1.807) is 6.07 Å². The lowest BCUT2D eigenvalue weighted by atomic mass is 10.2. The van der Waals surface area contributed by atoms with Gasteiger partial charge < -0.3 is 9.47 Å². The van der Waals surface area contributed by atoms with Gasteiger partial charge in [0.25, 0.3) is 5.43 Å². The van der Waals surface area contributed by atoms with Crippen LogP contribution < -0.4 is 14.9 Å². The van der Waals surface area contributed by atoms with Gasteiger partial charge in [-0.1, -0.05) is 30.3 Å². The Hall–Kier alpha value is -2.36. The lowest BCUT2D eigenvalue weighted by Gasteiger charge is -2.11. The van der Waals surface area contributed by atoms with Crippen LogP contribution in [0.4, 0.5) is 4.39 Å². The van der Waals surface area contributed by atoms with Crippen LogP contribution in [-0.4, -0.2) is 6.10 Å². The first-order valence-electron chi connectivity index (χ1n) is 7.89. The molecular formula is C19H19FO3. The molecule has 4 heteroatoms. The quantitative estimate of drug-likeness (QED) is 0.834. The van der Waals surface area contributed by atoms with Crippen LogP contribution in [0.2, 0.25) is 0 Å². The summed E-state index contributed by atoms with van der Waals surface area (Å²) in [7, 11) is 0. The summed E-state index contributed by atoms with van der Waals surface area (Å²) in [5.41, 5.74) is 0.170. The largest absolute Gasteiger partial charge is 0.490 e. The minimum Gasteiger partial charge on any atom is -0.490 e. The van der Waals surface area contributed by atoms with Gasteiger partial charge in [-0.15, -0.1) is 0 Å². The zero-order valence-electron chi connectivity index (χ0n) is 12.8. The standard InChI is InChI=1S/C19H19FO3/c20-17-12-16(23-15-8-4-5-9-15)10-11-18(19(17)21)22-13-14-6-2-1-3-7-14/h1-3,6-7,10-12,15H,4-5,8-9,13H2. The minimum absolute atomic E-state index is 0.00683. The zero-order chi connectivity index (χ0) is 16.1. The molecule has 0 radical (unpaired) electrons. The molecule has 1 aliphatic carbocycles. The number of ether oxygens (including phenoxy) is 2. The first kappa shape index (κ1) is 15.5. The van der Waals surface area contributed by atoms with Gasteiger partial charge in [0.1, 0.15) is 12.4 Å². The maximum atomic E-state index is 14.0. The highest BCUT2D eigenvalue weighted by molar-refractivity contribution is 5.30. The molecule has 3 rings (SSSR count). The average Bonchev–Trinajstić information content (AvgIpc) is 3.03. The lowest BCUT2D eigenvalue weighted by molar-refractivity contribution is 0.209. The summed E-state index contributed by atoms with van der Waals surface area (Å²) in [4.78, 5) is 12.0. The molecule has 0 aromatic heterocycles. The summed E-state index contributed by atoms with van der Waals surface area (Å²) in [6.45, 7) is 0.221. The van der Waals surface area contributed by atoms with Gasteiger partial charge in [0.15, 0.2) is 11.6 Å². The first-order chi connectivity index (χ1) is 11.2. The second-order valence-electron chi connectivity index (χ2n) is 5.72. The van der Waals surface area contributed by atoms with E-state index in [1.165, 1.54) is 6.07 Å². The smallest absolute Gasteiger partial charge is 0.255 e. The molecule has 0 N–H and O–H groups in total. The van der Waals surface area contributed by atoms with Gasteiger partial charge in [0, 0.05) is 6.07 Å². The van der Waals surface area contributed by atoms with E-state index in [4.69, 9.17) is 9.47 Å². The van der Waals surface area contributed by atoms with Gasteiger partial charge in [-0.2, -0.15) is 0 Å². The lowest BCUT2D eigenvalue weighted by Crippen LogP contribution is -2.11. The van der Waals surface area contributed by atoms with Gasteiger partial charge in [-0.05, 0) is 43.4 Å². The van der Waals surface area contributed by atoms with E-state index >= 15 is 0 Å². The van der Waals surface area contributed by atoms with Crippen molar-refractivity contribution in [3.05, 3.63) is 70.1 Å². The molecule has 2 aromatic rings. The summed E-state index contributed by atoms with van der Waals surface area (Å²) < 4.78 is 25.2. The predicted molar refractivity (Wildman–Crippen MR) is 86.3 cm³/mol. The zero-order valence-corrected chi connectivity index (χ0v) is 12.8. The molecule has 1 saturated carbocycles. The van der Waals surface area contributed by atoms with Crippen molar-refractivity contribution in [1.29, 1.82) is 0 Å². The molecule has 0 saturated heterocycles. The SMILES string of the molecule is O=c1c(F)cc(OC2CCCC2)ccc1OCc1ccccc1. The van der Waals surface area contributed by atoms with Crippen molar-refractivity contribution in [2.24, 2.45) is 0 Å². The van der Waals surface area contributed by atoms with Crippen LogP contribution in [0.25, 0.3) is 0 Å². The molecule has 1 fully saturated rings. The maximum Gasteiger partial charge on any atom is 0.255 e. The Kier molecular flexibility index (Phi) is 4.91. The topological polar surface area (TPSA) is 35.5 Å². The maximum absolute atomic E-state index is 14.0. The van der Waals surface area contributed by atoms with Gasteiger partial charge in [-0.25, -0.2) is 4.39 Å². The summed E-state index contributed by atoms with van der Waals surface area (Å²) in [6.07, 6.45) is 4.32. The highest BCUT2D eigenvalue weighted by atomic mass is 19.1. The highest BCUT2D eigenvalue weighted by Crippen LogP contribution is 2.24. The third-order valence-corrected chi connectivity index (χ3v) is 3.95. The fraction of sp³-hybridized carbons (Fsp3) is 0.316. The van der Waals surface area contributed by atoms with Crippen LogP contribution in [0.15, 0.2) is 53.3 Å². The van der Waals surface area contributed by atoms with Crippen molar-refractivity contribution >= 4 is 0 Å². The van der Waals surface area contributed by atoms with Crippen LogP contribution in [0.1, 0.15) is 31.2 Å². The minimum atomic E-state index is -0.856. The Labute approximate surface area is 134 Å². The monoisotopic (exact) mass is 314 g/mol. The molecule has 1 aliphatic rings. The predicted octanol–water partition coefficient (Wildman–Crippen LogP) is 4.09. The Morgan fingerprint density at radius 1 is 1.04 bits per heavy atom. The summed E-state index contributed by atoms with van der Waals surface area (Å²) in [5.74, 6) is -0.486. The van der Waals surface area contributed by atoms with Crippen molar-refractivity contribution in [2.75, 3.05) is 0 Å². The third-order valence-electron chi connectivity index (χ3n) is 3.95. The molecule has 0 spiro atoms. The van der Waals surface area contributed by atoms with Crippen LogP contribution in [0, 0.1) is 5.82 Å². The fourth-order valence-corrected chi connectivity index (χ4v) is 2.71. The molecule has 120 valence electrons. The van der Waals surface area contributed by atoms with E-state index in [1.807, 2.05) is 30.3 Å². The normalized spacial score (nSPS) is 14.7. The number of rotatable bonds is 5. The summed E-state index contributed by atoms with van der Waals surface area (Å²) in [6, 6.07) is 13.7. The fourth-order valence-electron chi connectivity index (χ4n) is 2.71. The van der Waals surface area contributed by atoms with Gasteiger partial charge in [-0.3, -0.25) is 4.79 Å². The van der Waals surface area contributed by atoms with E-state index in [-0.39, 0.29) is 18.5 Å². The van der Waals surface area contributed by atoms with Crippen molar-refractivity contribution in [3.63, 3.8) is 0 Å². The Morgan fingerprint density at radius 3 is 2.52 bits per heavy atom. The van der Waals surface area contributed by atoms with Gasteiger partial charge in [0.2, 0.25) is 0 Å². The molecular weight excluding hydrogens is 295 g/mol. The second kappa shape index (κ2) is 7.27. The average molecular weight is 314 g/mol. The van der Waals surface area contributed by atoms with Crippen LogP contribution in [0.5, 0.6) is 11.5 Å². The second-order valence-corrected chi connectivity index (χ2v) is 5.72. The van der Waals surface area contributed by atoms with Crippen LogP contribution >= 0.6 is 0 Å². The molecule has 2 aromatic carbocycles. The molecule has 0 heterocycles. The third kappa shape index (κ3) is 4.09. The van der Waals surface area contributed by atoms with Crippen LogP contribution in [-0.2, 0) is 6.61 Å². The highest BCUT2D eigenvalue weighted by Gasteiger charge is 2.17. The van der Waals surface area contributed by atoms with E-state index < -0.39 is 11.2 Å². The Morgan fingerprint density at radius 2 is 1.78 bits per heavy atom. The Bertz CT molecular complexity index is 709. The molecule has 23 heavy (non-hydrogen) atoms. The van der Waals surface area contributed by atoms with Crippen molar-refractivity contribution < 1.29 is 13.9 Å². The first-order valence-corrected chi connectivity index (χ1v) is 7.89. The van der Waals surface area contributed by atoms with Gasteiger partial charge in [0.05, 0.1) is 6.10 Å². The summed E-state index contributed by atoms with van der Waals surface area (Å²) in [5, 5.41) is 0. The number of benzene rings is 1. The number of halogens is 1. The molecule has 0 aliphatic heterocycles. The molecule has 0 amide bonds. The van der Waals surface area contributed by atoms with Gasteiger partial charge >= 0.3 is 0 Å². The molecule has 0 unspecified atom stereocenters. The molecule has 0 atom stereocenters. The van der Waals surface area contributed by atoms with Crippen molar-refractivity contribution in [1.82, 2.24) is 0 Å². The van der Waals surface area contributed by atoms with Crippen LogP contribution in [0.3, 0.4) is 0 Å².